The summed E-state index contributed by atoms with van der Waals surface area (Å²) < 4.78 is 0. The van der Waals surface area contributed by atoms with Crippen molar-refractivity contribution in [2.45, 2.75) is 38.1 Å². The molecule has 0 unspecified atom stereocenters. The molecule has 1 aliphatic rings. The van der Waals surface area contributed by atoms with Gasteiger partial charge in [-0.25, -0.2) is 9.97 Å². The van der Waals surface area contributed by atoms with Gasteiger partial charge in [-0.3, -0.25) is 0 Å². The van der Waals surface area contributed by atoms with Gasteiger partial charge in [-0.15, -0.1) is 0 Å². The first-order chi connectivity index (χ1) is 11.5. The molecule has 2 aromatic rings. The van der Waals surface area contributed by atoms with E-state index in [9.17, 15) is 10.2 Å². The van der Waals surface area contributed by atoms with Crippen LogP contribution < -0.4 is 10.2 Å². The zero-order chi connectivity index (χ0) is 17.1. The van der Waals surface area contributed by atoms with Gasteiger partial charge in [0.05, 0.1) is 12.1 Å². The van der Waals surface area contributed by atoms with E-state index in [2.05, 4.69) is 27.4 Å². The van der Waals surface area contributed by atoms with Crippen molar-refractivity contribution in [3.05, 3.63) is 48.3 Å². The quantitative estimate of drug-likeness (QED) is 0.774. The van der Waals surface area contributed by atoms with E-state index in [4.69, 9.17) is 0 Å². The van der Waals surface area contributed by atoms with Crippen molar-refractivity contribution in [3.63, 3.8) is 0 Å². The number of aliphatic hydroxyl groups is 2. The fraction of sp³-hybridized carbons (Fsp3) is 0.444. The number of nitrogens with zero attached hydrogens (tertiary/aromatic N) is 3. The van der Waals surface area contributed by atoms with Crippen LogP contribution in [0.4, 0.5) is 11.6 Å². The molecule has 3 rings (SSSR count). The van der Waals surface area contributed by atoms with Gasteiger partial charge >= 0.3 is 0 Å². The summed E-state index contributed by atoms with van der Waals surface area (Å²) in [5.74, 6) is 1.53. The standard InChI is InChI=1S/C18H24N4O2/c1-12-8-14(18(24)17(12)23)21-15-9-16(20-11-19-15)22(2)10-13-6-4-3-5-7-13/h3-7,9,11-12,14,17-18,23-24H,8,10H2,1-2H3,(H,19,20,21)/t12-,14-,17-,18+/m1/s1. The second-order valence-corrected chi connectivity index (χ2v) is 6.55. The summed E-state index contributed by atoms with van der Waals surface area (Å²) in [7, 11) is 1.98. The van der Waals surface area contributed by atoms with Crippen LogP contribution in [-0.4, -0.2) is 45.5 Å². The van der Waals surface area contributed by atoms with Gasteiger partial charge in [-0.2, -0.15) is 0 Å². The Balaban J connectivity index is 1.68. The van der Waals surface area contributed by atoms with Gasteiger partial charge in [-0.1, -0.05) is 37.3 Å². The summed E-state index contributed by atoms with van der Waals surface area (Å²) in [4.78, 5) is 10.6. The first kappa shape index (κ1) is 16.7. The number of anilines is 2. The highest BCUT2D eigenvalue weighted by Gasteiger charge is 2.39. The van der Waals surface area contributed by atoms with Crippen molar-refractivity contribution in [2.75, 3.05) is 17.3 Å². The molecule has 1 saturated carbocycles. The Bertz CT molecular complexity index is 667. The fourth-order valence-electron chi connectivity index (χ4n) is 3.16. The smallest absolute Gasteiger partial charge is 0.134 e. The Hall–Kier alpha value is -2.18. The van der Waals surface area contributed by atoms with Crippen LogP contribution >= 0.6 is 0 Å². The molecule has 1 aliphatic carbocycles. The first-order valence-electron chi connectivity index (χ1n) is 8.24. The molecular formula is C18H24N4O2. The van der Waals surface area contributed by atoms with E-state index in [0.29, 0.717) is 12.2 Å². The Labute approximate surface area is 142 Å². The van der Waals surface area contributed by atoms with E-state index in [-0.39, 0.29) is 12.0 Å². The number of nitrogens with one attached hydrogen (secondary N) is 1. The Kier molecular flexibility index (Phi) is 4.97. The molecular weight excluding hydrogens is 304 g/mol. The predicted octanol–water partition coefficient (Wildman–Crippen LogP) is 1.66. The number of hydrogen-bond acceptors (Lipinski definition) is 6. The fourth-order valence-corrected chi connectivity index (χ4v) is 3.16. The molecule has 0 aliphatic heterocycles. The number of hydrogen-bond donors (Lipinski definition) is 3. The maximum absolute atomic E-state index is 10.1. The number of rotatable bonds is 5. The van der Waals surface area contributed by atoms with Crippen LogP contribution in [0.5, 0.6) is 0 Å². The molecule has 1 fully saturated rings. The Morgan fingerprint density at radius 2 is 1.92 bits per heavy atom. The predicted molar refractivity (Wildman–Crippen MR) is 93.8 cm³/mol. The Morgan fingerprint density at radius 1 is 1.17 bits per heavy atom. The molecule has 6 heteroatoms. The van der Waals surface area contributed by atoms with Crippen molar-refractivity contribution in [1.82, 2.24) is 9.97 Å². The minimum atomic E-state index is -0.777. The molecule has 6 nitrogen and oxygen atoms in total. The van der Waals surface area contributed by atoms with Gasteiger partial charge in [0, 0.05) is 19.7 Å². The normalized spacial score (nSPS) is 26.3. The van der Waals surface area contributed by atoms with Crippen LogP contribution in [0.3, 0.4) is 0 Å². The van der Waals surface area contributed by atoms with Crippen molar-refractivity contribution in [2.24, 2.45) is 5.92 Å². The second-order valence-electron chi connectivity index (χ2n) is 6.55. The molecule has 3 N–H and O–H groups in total. The van der Waals surface area contributed by atoms with Gasteiger partial charge in [-0.05, 0) is 17.9 Å². The van der Waals surface area contributed by atoms with Gasteiger partial charge < -0.3 is 20.4 Å². The third-order valence-corrected chi connectivity index (χ3v) is 4.61. The lowest BCUT2D eigenvalue weighted by Crippen LogP contribution is -2.35. The lowest BCUT2D eigenvalue weighted by atomic mass is 10.1. The third kappa shape index (κ3) is 3.66. The summed E-state index contributed by atoms with van der Waals surface area (Å²) >= 11 is 0. The van der Waals surface area contributed by atoms with Crippen molar-refractivity contribution < 1.29 is 10.2 Å². The van der Waals surface area contributed by atoms with Crippen LogP contribution in [0, 0.1) is 5.92 Å². The Morgan fingerprint density at radius 3 is 2.58 bits per heavy atom. The maximum Gasteiger partial charge on any atom is 0.134 e. The minimum Gasteiger partial charge on any atom is -0.390 e. The van der Waals surface area contributed by atoms with E-state index < -0.39 is 12.2 Å². The topological polar surface area (TPSA) is 81.5 Å². The number of aliphatic hydroxyl groups excluding tert-OH is 2. The second kappa shape index (κ2) is 7.15. The van der Waals surface area contributed by atoms with Gasteiger partial charge in [0.1, 0.15) is 24.1 Å². The van der Waals surface area contributed by atoms with Crippen LogP contribution in [-0.2, 0) is 6.54 Å². The molecule has 0 amide bonds. The highest BCUT2D eigenvalue weighted by atomic mass is 16.3. The monoisotopic (exact) mass is 328 g/mol. The number of benzene rings is 1. The first-order valence-corrected chi connectivity index (χ1v) is 8.24. The molecule has 0 saturated heterocycles. The van der Waals surface area contributed by atoms with E-state index in [1.54, 1.807) is 0 Å². The summed E-state index contributed by atoms with van der Waals surface area (Å²) in [5, 5.41) is 23.2. The van der Waals surface area contributed by atoms with Crippen LogP contribution in [0.15, 0.2) is 42.7 Å². The van der Waals surface area contributed by atoms with Crippen LogP contribution in [0.1, 0.15) is 18.9 Å². The molecule has 24 heavy (non-hydrogen) atoms. The van der Waals surface area contributed by atoms with Gasteiger partial charge in [0.15, 0.2) is 0 Å². The molecule has 0 radical (unpaired) electrons. The van der Waals surface area contributed by atoms with Crippen LogP contribution in [0.2, 0.25) is 0 Å². The molecule has 1 heterocycles. The average molecular weight is 328 g/mol. The zero-order valence-electron chi connectivity index (χ0n) is 14.0. The van der Waals surface area contributed by atoms with Gasteiger partial charge in [0.25, 0.3) is 0 Å². The summed E-state index contributed by atoms with van der Waals surface area (Å²) in [6.45, 7) is 2.69. The highest BCUT2D eigenvalue weighted by molar-refractivity contribution is 5.49. The lowest BCUT2D eigenvalue weighted by Gasteiger charge is -2.21. The van der Waals surface area contributed by atoms with Crippen LogP contribution in [0.25, 0.3) is 0 Å². The van der Waals surface area contributed by atoms with Crippen molar-refractivity contribution in [3.8, 4) is 0 Å². The molecule has 4 atom stereocenters. The SMILES string of the molecule is C[C@@H]1C[C@@H](Nc2cc(N(C)Cc3ccccc3)ncn2)[C@H](O)[C@@H]1O. The van der Waals surface area contributed by atoms with Crippen molar-refractivity contribution >= 4 is 11.6 Å². The summed E-state index contributed by atoms with van der Waals surface area (Å²) in [6, 6.07) is 11.9. The largest absolute Gasteiger partial charge is 0.390 e. The number of aromatic nitrogens is 2. The molecule has 128 valence electrons. The van der Waals surface area contributed by atoms with E-state index >= 15 is 0 Å². The van der Waals surface area contributed by atoms with E-state index in [0.717, 1.165) is 12.4 Å². The highest BCUT2D eigenvalue weighted by Crippen LogP contribution is 2.28. The maximum atomic E-state index is 10.1. The van der Waals surface area contributed by atoms with Crippen molar-refractivity contribution in [1.29, 1.82) is 0 Å². The van der Waals surface area contributed by atoms with Gasteiger partial charge in [0.2, 0.25) is 0 Å². The lowest BCUT2D eigenvalue weighted by molar-refractivity contribution is 0.0210. The minimum absolute atomic E-state index is 0.0690. The molecule has 1 aromatic carbocycles. The summed E-state index contributed by atoms with van der Waals surface area (Å²) in [6.07, 6.45) is 0.757. The molecule has 0 bridgehead atoms. The summed E-state index contributed by atoms with van der Waals surface area (Å²) in [5.41, 5.74) is 1.20. The van der Waals surface area contributed by atoms with E-state index in [1.165, 1.54) is 11.9 Å². The zero-order valence-corrected chi connectivity index (χ0v) is 14.0. The molecule has 0 spiro atoms. The van der Waals surface area contributed by atoms with E-state index in [1.807, 2.05) is 43.1 Å². The third-order valence-electron chi connectivity index (χ3n) is 4.61. The molecule has 1 aromatic heterocycles. The average Bonchev–Trinajstić information content (AvgIpc) is 2.83.